The number of benzene rings is 1. The first-order valence-electron chi connectivity index (χ1n) is 5.82. The summed E-state index contributed by atoms with van der Waals surface area (Å²) >= 11 is 0. The summed E-state index contributed by atoms with van der Waals surface area (Å²) in [4.78, 5) is 3.12. The Balaban J connectivity index is 1.92. The molecule has 2 aromatic rings. The van der Waals surface area contributed by atoms with Gasteiger partial charge >= 0.3 is 0 Å². The van der Waals surface area contributed by atoms with Crippen molar-refractivity contribution in [3.05, 3.63) is 35.8 Å². The topological polar surface area (TPSA) is 27.8 Å². The molecule has 3 heteroatoms. The predicted octanol–water partition coefficient (Wildman–Crippen LogP) is 2.60. The highest BCUT2D eigenvalue weighted by Gasteiger charge is 2.16. The molecule has 0 saturated carbocycles. The highest BCUT2D eigenvalue weighted by molar-refractivity contribution is 5.80. The van der Waals surface area contributed by atoms with Crippen LogP contribution in [0.2, 0.25) is 0 Å². The molecular weight excluding hydrogens is 203 g/mol. The quantitative estimate of drug-likeness (QED) is 0.796. The minimum absolute atomic E-state index is 0.0826. The van der Waals surface area contributed by atoms with E-state index in [0.29, 0.717) is 6.04 Å². The van der Waals surface area contributed by atoms with E-state index in [9.17, 15) is 4.39 Å². The van der Waals surface area contributed by atoms with Gasteiger partial charge in [0, 0.05) is 23.1 Å². The lowest BCUT2D eigenvalue weighted by Gasteiger charge is -2.10. The zero-order valence-corrected chi connectivity index (χ0v) is 9.09. The van der Waals surface area contributed by atoms with Crippen molar-refractivity contribution >= 4 is 10.9 Å². The van der Waals surface area contributed by atoms with Crippen LogP contribution in [0.15, 0.2) is 24.4 Å². The van der Waals surface area contributed by atoms with Crippen LogP contribution >= 0.6 is 0 Å². The molecule has 84 valence electrons. The second-order valence-corrected chi connectivity index (χ2v) is 4.51. The Kier molecular flexibility index (Phi) is 2.40. The highest BCUT2D eigenvalue weighted by Crippen LogP contribution is 2.21. The van der Waals surface area contributed by atoms with Crippen molar-refractivity contribution in [3.63, 3.8) is 0 Å². The van der Waals surface area contributed by atoms with Crippen LogP contribution in [0, 0.1) is 5.82 Å². The summed E-state index contributed by atoms with van der Waals surface area (Å²) in [5.74, 6) is -0.0826. The van der Waals surface area contributed by atoms with E-state index in [-0.39, 0.29) is 5.82 Å². The Labute approximate surface area is 93.9 Å². The molecule has 0 bridgehead atoms. The highest BCUT2D eigenvalue weighted by atomic mass is 19.1. The fraction of sp³-hybridized carbons (Fsp3) is 0.385. The fourth-order valence-electron chi connectivity index (χ4n) is 2.47. The number of aromatic amines is 1. The molecular formula is C13H15FN2. The second kappa shape index (κ2) is 3.91. The van der Waals surface area contributed by atoms with E-state index >= 15 is 0 Å². The number of hydrogen-bond donors (Lipinski definition) is 2. The van der Waals surface area contributed by atoms with Gasteiger partial charge in [0.05, 0.1) is 0 Å². The van der Waals surface area contributed by atoms with Crippen molar-refractivity contribution in [2.45, 2.75) is 25.3 Å². The standard InChI is InChI=1S/C13H15FN2/c14-12-7-9-3-5-16-13(9)8-10(12)6-11-2-1-4-15-11/h3,5,7-8,11,15-16H,1-2,4,6H2. The van der Waals surface area contributed by atoms with Crippen LogP contribution in [0.25, 0.3) is 10.9 Å². The molecule has 1 aromatic carbocycles. The van der Waals surface area contributed by atoms with E-state index in [1.807, 2.05) is 18.3 Å². The van der Waals surface area contributed by atoms with Crippen LogP contribution in [0.4, 0.5) is 4.39 Å². The Hall–Kier alpha value is -1.35. The lowest BCUT2D eigenvalue weighted by Crippen LogP contribution is -2.24. The zero-order valence-electron chi connectivity index (χ0n) is 9.09. The van der Waals surface area contributed by atoms with Gasteiger partial charge in [-0.3, -0.25) is 0 Å². The summed E-state index contributed by atoms with van der Waals surface area (Å²) in [5.41, 5.74) is 1.84. The van der Waals surface area contributed by atoms with Crippen LogP contribution in [-0.2, 0) is 6.42 Å². The minimum Gasteiger partial charge on any atom is -0.361 e. The van der Waals surface area contributed by atoms with Crippen LogP contribution in [0.5, 0.6) is 0 Å². The van der Waals surface area contributed by atoms with E-state index in [1.165, 1.54) is 6.42 Å². The van der Waals surface area contributed by atoms with Gasteiger partial charge in [0.15, 0.2) is 0 Å². The fourth-order valence-corrected chi connectivity index (χ4v) is 2.47. The predicted molar refractivity (Wildman–Crippen MR) is 63.0 cm³/mol. The minimum atomic E-state index is -0.0826. The molecule has 2 nitrogen and oxygen atoms in total. The molecule has 1 aliphatic rings. The largest absolute Gasteiger partial charge is 0.361 e. The molecule has 0 spiro atoms. The van der Waals surface area contributed by atoms with Gasteiger partial charge in [-0.15, -0.1) is 0 Å². The lowest BCUT2D eigenvalue weighted by atomic mass is 10.0. The van der Waals surface area contributed by atoms with E-state index < -0.39 is 0 Å². The van der Waals surface area contributed by atoms with Crippen molar-refractivity contribution in [1.82, 2.24) is 10.3 Å². The van der Waals surface area contributed by atoms with Gasteiger partial charge in [-0.05, 0) is 49.6 Å². The van der Waals surface area contributed by atoms with Crippen LogP contribution < -0.4 is 5.32 Å². The Morgan fingerprint density at radius 2 is 2.31 bits per heavy atom. The average Bonchev–Trinajstić information content (AvgIpc) is 2.89. The van der Waals surface area contributed by atoms with Crippen molar-refractivity contribution < 1.29 is 4.39 Å². The molecule has 1 fully saturated rings. The van der Waals surface area contributed by atoms with Crippen molar-refractivity contribution in [2.24, 2.45) is 0 Å². The van der Waals surface area contributed by atoms with E-state index in [2.05, 4.69) is 10.3 Å². The first-order chi connectivity index (χ1) is 7.83. The molecule has 1 aromatic heterocycles. The van der Waals surface area contributed by atoms with E-state index in [0.717, 1.165) is 35.9 Å². The number of halogens is 1. The van der Waals surface area contributed by atoms with Gasteiger partial charge in [0.1, 0.15) is 5.82 Å². The smallest absolute Gasteiger partial charge is 0.127 e. The van der Waals surface area contributed by atoms with Gasteiger partial charge in [0.2, 0.25) is 0 Å². The maximum Gasteiger partial charge on any atom is 0.127 e. The van der Waals surface area contributed by atoms with E-state index in [1.54, 1.807) is 6.07 Å². The number of rotatable bonds is 2. The summed E-state index contributed by atoms with van der Waals surface area (Å²) in [7, 11) is 0. The number of H-pyrrole nitrogens is 1. The maximum absolute atomic E-state index is 13.8. The first-order valence-corrected chi connectivity index (χ1v) is 5.82. The number of aromatic nitrogens is 1. The van der Waals surface area contributed by atoms with Gasteiger partial charge < -0.3 is 10.3 Å². The van der Waals surface area contributed by atoms with Gasteiger partial charge in [0.25, 0.3) is 0 Å². The van der Waals surface area contributed by atoms with Crippen LogP contribution in [0.3, 0.4) is 0 Å². The van der Waals surface area contributed by atoms with E-state index in [4.69, 9.17) is 0 Å². The zero-order chi connectivity index (χ0) is 11.0. The molecule has 1 unspecified atom stereocenters. The van der Waals surface area contributed by atoms with Crippen LogP contribution in [0.1, 0.15) is 18.4 Å². The lowest BCUT2D eigenvalue weighted by molar-refractivity contribution is 0.562. The van der Waals surface area contributed by atoms with Crippen molar-refractivity contribution in [2.75, 3.05) is 6.54 Å². The van der Waals surface area contributed by atoms with Gasteiger partial charge in [-0.25, -0.2) is 4.39 Å². The SMILES string of the molecule is Fc1cc2cc[nH]c2cc1CC1CCCN1. The Bertz CT molecular complexity index is 498. The summed E-state index contributed by atoms with van der Waals surface area (Å²) in [6.45, 7) is 1.07. The molecule has 2 N–H and O–H groups in total. The molecule has 3 rings (SSSR count). The maximum atomic E-state index is 13.8. The Morgan fingerprint density at radius 3 is 3.12 bits per heavy atom. The number of hydrogen-bond acceptors (Lipinski definition) is 1. The molecule has 1 aliphatic heterocycles. The molecule has 0 radical (unpaired) electrons. The number of fused-ring (bicyclic) bond motifs is 1. The summed E-state index contributed by atoms with van der Waals surface area (Å²) in [5, 5.41) is 4.34. The van der Waals surface area contributed by atoms with Crippen molar-refractivity contribution in [3.8, 4) is 0 Å². The molecule has 1 atom stereocenters. The van der Waals surface area contributed by atoms with Gasteiger partial charge in [-0.2, -0.15) is 0 Å². The second-order valence-electron chi connectivity index (χ2n) is 4.51. The molecule has 0 aliphatic carbocycles. The van der Waals surface area contributed by atoms with Gasteiger partial charge in [-0.1, -0.05) is 0 Å². The summed E-state index contributed by atoms with van der Waals surface area (Å²) < 4.78 is 13.8. The monoisotopic (exact) mass is 218 g/mol. The van der Waals surface area contributed by atoms with Crippen LogP contribution in [-0.4, -0.2) is 17.6 Å². The van der Waals surface area contributed by atoms with Crippen molar-refractivity contribution in [1.29, 1.82) is 0 Å². The first kappa shape index (κ1) is 9.85. The number of nitrogens with one attached hydrogen (secondary N) is 2. The third-order valence-corrected chi connectivity index (χ3v) is 3.35. The summed E-state index contributed by atoms with van der Waals surface area (Å²) in [6, 6.07) is 5.90. The molecule has 2 heterocycles. The normalized spacial score (nSPS) is 20.7. The molecule has 16 heavy (non-hydrogen) atoms. The molecule has 1 saturated heterocycles. The third-order valence-electron chi connectivity index (χ3n) is 3.35. The third kappa shape index (κ3) is 1.71. The summed E-state index contributed by atoms with van der Waals surface area (Å²) in [6.07, 6.45) is 5.00. The average molecular weight is 218 g/mol. The molecule has 0 amide bonds. The Morgan fingerprint density at radius 1 is 1.38 bits per heavy atom.